The summed E-state index contributed by atoms with van der Waals surface area (Å²) in [5, 5.41) is 5.84. The Morgan fingerprint density at radius 3 is 1.60 bits per heavy atom. The molecule has 8 heteroatoms. The maximum atomic E-state index is 10.9. The molecule has 0 amide bonds. The summed E-state index contributed by atoms with van der Waals surface area (Å²) in [4.78, 5) is 21.9. The highest BCUT2D eigenvalue weighted by molar-refractivity contribution is 8.01. The molecule has 116 valence electrons. The second kappa shape index (κ2) is 10.3. The summed E-state index contributed by atoms with van der Waals surface area (Å²) in [6.07, 6.45) is 0. The first-order valence-corrected chi connectivity index (χ1v) is 8.82. The third-order valence-electron chi connectivity index (χ3n) is 2.43. The summed E-state index contributed by atoms with van der Waals surface area (Å²) in [5.74, 6) is 1.74. The van der Waals surface area contributed by atoms with Gasteiger partial charge in [-0.15, -0.1) is 23.5 Å². The van der Waals surface area contributed by atoms with Gasteiger partial charge in [0.15, 0.2) is 10.7 Å². The van der Waals surface area contributed by atoms with Gasteiger partial charge in [0.25, 0.3) is 0 Å². The van der Waals surface area contributed by atoms with Crippen molar-refractivity contribution in [2.45, 2.75) is 24.6 Å². The molecule has 0 aliphatic carbocycles. The number of hydrogen-bond acceptors (Lipinski definition) is 8. The third kappa shape index (κ3) is 6.34. The van der Waals surface area contributed by atoms with E-state index in [1.54, 1.807) is 23.5 Å². The summed E-state index contributed by atoms with van der Waals surface area (Å²) in [6.45, 7) is 6.40. The topological polar surface area (TPSA) is 76.7 Å². The van der Waals surface area contributed by atoms with Crippen LogP contribution in [0.15, 0.2) is 0 Å². The van der Waals surface area contributed by atoms with Gasteiger partial charge >= 0.3 is 11.9 Å². The van der Waals surface area contributed by atoms with E-state index >= 15 is 0 Å². The van der Waals surface area contributed by atoms with Crippen molar-refractivity contribution in [2.24, 2.45) is 0 Å². The van der Waals surface area contributed by atoms with Gasteiger partial charge in [0.05, 0.1) is 13.2 Å². The van der Waals surface area contributed by atoms with Gasteiger partial charge in [-0.2, -0.15) is 0 Å². The van der Waals surface area contributed by atoms with Gasteiger partial charge in [0.2, 0.25) is 0 Å². The number of hydrogen-bond donors (Lipinski definition) is 2. The van der Waals surface area contributed by atoms with Crippen LogP contribution in [0.2, 0.25) is 0 Å². The number of rotatable bonds is 4. The molecule has 0 spiro atoms. The Morgan fingerprint density at radius 2 is 1.35 bits per heavy atom. The lowest BCUT2D eigenvalue weighted by atomic mass is 10.6. The van der Waals surface area contributed by atoms with Crippen molar-refractivity contribution in [3.8, 4) is 0 Å². The van der Waals surface area contributed by atoms with Crippen LogP contribution in [-0.4, -0.2) is 60.5 Å². The Labute approximate surface area is 128 Å². The summed E-state index contributed by atoms with van der Waals surface area (Å²) in [7, 11) is 0. The normalized spacial score (nSPS) is 24.7. The van der Waals surface area contributed by atoms with E-state index in [1.807, 2.05) is 13.8 Å². The zero-order chi connectivity index (χ0) is 14.8. The fraction of sp³-hybridized carbons (Fsp3) is 0.833. The molecule has 0 radical (unpaired) electrons. The predicted octanol–water partition coefficient (Wildman–Crippen LogP) is 0.424. The molecule has 0 aromatic carbocycles. The average molecular weight is 322 g/mol. The highest BCUT2D eigenvalue weighted by atomic mass is 32.2. The highest BCUT2D eigenvalue weighted by Gasteiger charge is 2.23. The molecule has 2 saturated heterocycles. The zero-order valence-electron chi connectivity index (χ0n) is 11.8. The summed E-state index contributed by atoms with van der Waals surface area (Å²) in [6, 6.07) is 0. The molecule has 2 atom stereocenters. The fourth-order valence-corrected chi connectivity index (χ4v) is 3.41. The number of ether oxygens (including phenoxy) is 2. The molecule has 2 fully saturated rings. The van der Waals surface area contributed by atoms with Gasteiger partial charge in [0.1, 0.15) is 0 Å². The van der Waals surface area contributed by atoms with Crippen molar-refractivity contribution < 1.29 is 19.1 Å². The minimum atomic E-state index is -0.134. The van der Waals surface area contributed by atoms with E-state index in [-0.39, 0.29) is 22.7 Å². The van der Waals surface area contributed by atoms with Crippen molar-refractivity contribution in [3.63, 3.8) is 0 Å². The molecule has 0 aromatic heterocycles. The van der Waals surface area contributed by atoms with E-state index in [9.17, 15) is 9.59 Å². The first-order chi connectivity index (χ1) is 9.69. The lowest BCUT2D eigenvalue weighted by Gasteiger charge is -2.06. The van der Waals surface area contributed by atoms with Crippen molar-refractivity contribution in [1.82, 2.24) is 10.6 Å². The number of carbonyl (C=O) groups is 2. The Bertz CT molecular complexity index is 276. The molecule has 6 nitrogen and oxygen atoms in total. The number of nitrogens with one attached hydrogen (secondary N) is 2. The van der Waals surface area contributed by atoms with E-state index in [1.165, 1.54) is 0 Å². The molecule has 0 aromatic rings. The van der Waals surface area contributed by atoms with Crippen LogP contribution in [0.25, 0.3) is 0 Å². The van der Waals surface area contributed by atoms with Crippen LogP contribution >= 0.6 is 23.5 Å². The standard InChI is InChI=1S/2C6H11NO2S/c2*1-2-9-6(8)5-7-3-4-10-5/h2*5,7H,2-4H2,1H3/t5-;/m1./s1. The predicted molar refractivity (Wildman–Crippen MR) is 81.8 cm³/mol. The summed E-state index contributed by atoms with van der Waals surface area (Å²) < 4.78 is 9.61. The first kappa shape index (κ1) is 17.6. The minimum Gasteiger partial charge on any atom is -0.464 e. The lowest BCUT2D eigenvalue weighted by Crippen LogP contribution is -2.30. The van der Waals surface area contributed by atoms with E-state index < -0.39 is 0 Å². The highest BCUT2D eigenvalue weighted by Crippen LogP contribution is 2.15. The molecular weight excluding hydrogens is 300 g/mol. The summed E-state index contributed by atoms with van der Waals surface area (Å²) in [5.41, 5.74) is 0. The molecule has 0 saturated carbocycles. The van der Waals surface area contributed by atoms with Gasteiger partial charge in [-0.1, -0.05) is 0 Å². The second-order valence-corrected chi connectivity index (χ2v) is 6.34. The number of esters is 2. The minimum absolute atomic E-state index is 0.111. The smallest absolute Gasteiger partial charge is 0.333 e. The van der Waals surface area contributed by atoms with Crippen LogP contribution in [-0.2, 0) is 19.1 Å². The van der Waals surface area contributed by atoms with E-state index in [0.29, 0.717) is 13.2 Å². The molecule has 2 N–H and O–H groups in total. The van der Waals surface area contributed by atoms with Gasteiger partial charge in [0, 0.05) is 24.6 Å². The van der Waals surface area contributed by atoms with Gasteiger partial charge in [-0.25, -0.2) is 9.59 Å². The van der Waals surface area contributed by atoms with Crippen molar-refractivity contribution >= 4 is 35.5 Å². The van der Waals surface area contributed by atoms with Gasteiger partial charge < -0.3 is 9.47 Å². The average Bonchev–Trinajstić information content (AvgIpc) is 3.14. The molecular formula is C12H22N2O4S2. The monoisotopic (exact) mass is 322 g/mol. The third-order valence-corrected chi connectivity index (χ3v) is 4.70. The van der Waals surface area contributed by atoms with Crippen LogP contribution in [0.4, 0.5) is 0 Å². The van der Waals surface area contributed by atoms with Gasteiger partial charge in [-0.05, 0) is 13.8 Å². The largest absolute Gasteiger partial charge is 0.464 e. The van der Waals surface area contributed by atoms with Crippen LogP contribution in [0.1, 0.15) is 13.8 Å². The maximum Gasteiger partial charge on any atom is 0.333 e. The Hall–Kier alpha value is -0.440. The second-order valence-electron chi connectivity index (χ2n) is 3.91. The molecule has 0 bridgehead atoms. The first-order valence-electron chi connectivity index (χ1n) is 6.72. The van der Waals surface area contributed by atoms with E-state index in [4.69, 9.17) is 9.47 Å². The maximum absolute atomic E-state index is 10.9. The molecule has 2 aliphatic heterocycles. The van der Waals surface area contributed by atoms with Crippen LogP contribution in [0, 0.1) is 0 Å². The van der Waals surface area contributed by atoms with Crippen molar-refractivity contribution in [1.29, 1.82) is 0 Å². The van der Waals surface area contributed by atoms with Gasteiger partial charge in [-0.3, -0.25) is 10.6 Å². The Balaban J connectivity index is 0.000000200. The number of carbonyl (C=O) groups excluding carboxylic acids is 2. The molecule has 2 heterocycles. The van der Waals surface area contributed by atoms with Crippen LogP contribution < -0.4 is 10.6 Å². The Kier molecular flexibility index (Phi) is 9.08. The molecule has 2 aliphatic rings. The zero-order valence-corrected chi connectivity index (χ0v) is 13.5. The fourth-order valence-electron chi connectivity index (χ4n) is 1.59. The van der Waals surface area contributed by atoms with Crippen molar-refractivity contribution in [2.75, 3.05) is 37.8 Å². The van der Waals surface area contributed by atoms with Crippen LogP contribution in [0.3, 0.4) is 0 Å². The van der Waals surface area contributed by atoms with Crippen LogP contribution in [0.5, 0.6) is 0 Å². The summed E-state index contributed by atoms with van der Waals surface area (Å²) >= 11 is 3.21. The number of thioether (sulfide) groups is 2. The lowest BCUT2D eigenvalue weighted by molar-refractivity contribution is -0.143. The quantitative estimate of drug-likeness (QED) is 0.722. The molecule has 20 heavy (non-hydrogen) atoms. The van der Waals surface area contributed by atoms with E-state index in [2.05, 4.69) is 10.6 Å². The van der Waals surface area contributed by atoms with Crippen molar-refractivity contribution in [3.05, 3.63) is 0 Å². The molecule has 1 unspecified atom stereocenters. The molecule has 2 rings (SSSR count). The SMILES string of the molecule is CCOC(=O)C1NCCS1.CCOC(=O)[C@@H]1NCCS1. The van der Waals surface area contributed by atoms with E-state index in [0.717, 1.165) is 24.6 Å². The Morgan fingerprint density at radius 1 is 0.950 bits per heavy atom.